The molecule has 5 nitrogen and oxygen atoms in total. The molecule has 0 radical (unpaired) electrons. The molecule has 0 unspecified atom stereocenters. The molecule has 0 aromatic heterocycles. The average Bonchev–Trinajstić information content (AvgIpc) is 2.78. The van der Waals surface area contributed by atoms with Crippen LogP contribution in [0, 0.1) is 0 Å². The Morgan fingerprint density at radius 3 is 2.11 bits per heavy atom. The Balaban J connectivity index is 1.96. The van der Waals surface area contributed by atoms with E-state index in [2.05, 4.69) is 20.8 Å². The van der Waals surface area contributed by atoms with Crippen molar-refractivity contribution in [3.05, 3.63) is 0 Å². The van der Waals surface area contributed by atoms with Gasteiger partial charge in [-0.2, -0.15) is 17.0 Å². The van der Waals surface area contributed by atoms with Gasteiger partial charge in [-0.05, 0) is 25.8 Å². The molecular formula is C11H22BrN3O2S. The largest absolute Gasteiger partial charge is 0.301 e. The van der Waals surface area contributed by atoms with Gasteiger partial charge in [0.2, 0.25) is 0 Å². The first kappa shape index (κ1) is 14.7. The van der Waals surface area contributed by atoms with E-state index in [0.29, 0.717) is 26.2 Å². The van der Waals surface area contributed by atoms with Crippen molar-refractivity contribution in [2.75, 3.05) is 51.1 Å². The molecule has 2 aliphatic rings. The van der Waals surface area contributed by atoms with Crippen LogP contribution in [0.1, 0.15) is 19.3 Å². The number of halogens is 1. The van der Waals surface area contributed by atoms with Crippen LogP contribution in [-0.2, 0) is 10.2 Å². The fourth-order valence-corrected chi connectivity index (χ4v) is 4.82. The monoisotopic (exact) mass is 339 g/mol. The molecule has 18 heavy (non-hydrogen) atoms. The van der Waals surface area contributed by atoms with Crippen LogP contribution in [0.5, 0.6) is 0 Å². The van der Waals surface area contributed by atoms with Crippen molar-refractivity contribution in [1.29, 1.82) is 0 Å². The van der Waals surface area contributed by atoms with Gasteiger partial charge in [-0.3, -0.25) is 0 Å². The fraction of sp³-hybridized carbons (Fsp3) is 1.00. The van der Waals surface area contributed by atoms with Gasteiger partial charge in [0.05, 0.1) is 0 Å². The van der Waals surface area contributed by atoms with Crippen molar-refractivity contribution >= 4 is 26.1 Å². The van der Waals surface area contributed by atoms with Crippen LogP contribution in [0.3, 0.4) is 0 Å². The first-order valence-corrected chi connectivity index (χ1v) is 9.20. The van der Waals surface area contributed by atoms with Gasteiger partial charge in [0.15, 0.2) is 0 Å². The molecule has 0 aromatic carbocycles. The van der Waals surface area contributed by atoms with Crippen LogP contribution in [0.25, 0.3) is 0 Å². The molecule has 2 heterocycles. The predicted octanol–water partition coefficient (Wildman–Crippen LogP) is 0.730. The van der Waals surface area contributed by atoms with Gasteiger partial charge in [0.25, 0.3) is 10.2 Å². The van der Waals surface area contributed by atoms with Crippen molar-refractivity contribution in [1.82, 2.24) is 13.5 Å². The number of hydrogen-bond acceptors (Lipinski definition) is 3. The molecule has 2 fully saturated rings. The van der Waals surface area contributed by atoms with Crippen molar-refractivity contribution in [3.8, 4) is 0 Å². The van der Waals surface area contributed by atoms with Crippen molar-refractivity contribution in [2.45, 2.75) is 19.3 Å². The Bertz CT molecular complexity index is 357. The Morgan fingerprint density at radius 2 is 1.44 bits per heavy atom. The zero-order valence-corrected chi connectivity index (χ0v) is 13.1. The SMILES string of the molecule is O=S(=O)(N1CCCC1)N1CCCN(CCBr)CC1. The Hall–Kier alpha value is 0.310. The highest BCUT2D eigenvalue weighted by molar-refractivity contribution is 9.09. The minimum atomic E-state index is -3.20. The summed E-state index contributed by atoms with van der Waals surface area (Å²) >= 11 is 3.44. The van der Waals surface area contributed by atoms with E-state index in [1.54, 1.807) is 8.61 Å². The molecule has 0 N–H and O–H groups in total. The molecule has 0 bridgehead atoms. The molecule has 2 saturated heterocycles. The number of hydrogen-bond donors (Lipinski definition) is 0. The summed E-state index contributed by atoms with van der Waals surface area (Å²) in [6.07, 6.45) is 2.94. The molecule has 2 rings (SSSR count). The summed E-state index contributed by atoms with van der Waals surface area (Å²) in [5.41, 5.74) is 0. The third-order valence-corrected chi connectivity index (χ3v) is 6.06. The van der Waals surface area contributed by atoms with Gasteiger partial charge in [-0.25, -0.2) is 0 Å². The van der Waals surface area contributed by atoms with E-state index in [-0.39, 0.29) is 0 Å². The van der Waals surface area contributed by atoms with Crippen LogP contribution < -0.4 is 0 Å². The maximum Gasteiger partial charge on any atom is 0.282 e. The maximum atomic E-state index is 12.4. The quantitative estimate of drug-likeness (QED) is 0.709. The normalized spacial score (nSPS) is 25.4. The van der Waals surface area contributed by atoms with Crippen LogP contribution in [-0.4, -0.2) is 73.1 Å². The summed E-state index contributed by atoms with van der Waals surface area (Å²) in [5, 5.41) is 0.950. The summed E-state index contributed by atoms with van der Waals surface area (Å²) in [6, 6.07) is 0. The summed E-state index contributed by atoms with van der Waals surface area (Å²) in [5.74, 6) is 0. The second-order valence-electron chi connectivity index (χ2n) is 4.90. The first-order chi connectivity index (χ1) is 8.64. The molecule has 106 valence electrons. The minimum Gasteiger partial charge on any atom is -0.301 e. The lowest BCUT2D eigenvalue weighted by atomic mass is 10.4. The Labute approximate surface area is 118 Å². The van der Waals surface area contributed by atoms with E-state index < -0.39 is 10.2 Å². The third-order valence-electron chi connectivity index (χ3n) is 3.67. The summed E-state index contributed by atoms with van der Waals surface area (Å²) in [4.78, 5) is 2.33. The van der Waals surface area contributed by atoms with E-state index in [0.717, 1.165) is 44.2 Å². The summed E-state index contributed by atoms with van der Waals surface area (Å²) in [7, 11) is -3.20. The zero-order valence-electron chi connectivity index (χ0n) is 10.7. The number of alkyl halides is 1. The second kappa shape index (κ2) is 6.65. The second-order valence-corrected chi connectivity index (χ2v) is 7.62. The first-order valence-electron chi connectivity index (χ1n) is 6.68. The van der Waals surface area contributed by atoms with Crippen molar-refractivity contribution in [3.63, 3.8) is 0 Å². The Kier molecular flexibility index (Phi) is 5.44. The zero-order chi connectivity index (χ0) is 13.0. The van der Waals surface area contributed by atoms with Gasteiger partial charge >= 0.3 is 0 Å². The van der Waals surface area contributed by atoms with Crippen LogP contribution in [0.15, 0.2) is 0 Å². The van der Waals surface area contributed by atoms with Crippen molar-refractivity contribution in [2.24, 2.45) is 0 Å². The molecule has 2 aliphatic heterocycles. The molecule has 7 heteroatoms. The van der Waals surface area contributed by atoms with Crippen molar-refractivity contribution < 1.29 is 8.42 Å². The number of nitrogens with zero attached hydrogens (tertiary/aromatic N) is 3. The third kappa shape index (κ3) is 3.45. The Morgan fingerprint density at radius 1 is 0.833 bits per heavy atom. The van der Waals surface area contributed by atoms with E-state index in [4.69, 9.17) is 0 Å². The van der Waals surface area contributed by atoms with Gasteiger partial charge in [0, 0.05) is 44.6 Å². The van der Waals surface area contributed by atoms with Crippen LogP contribution in [0.4, 0.5) is 0 Å². The molecule has 0 aromatic rings. The van der Waals surface area contributed by atoms with Crippen LogP contribution >= 0.6 is 15.9 Å². The van der Waals surface area contributed by atoms with Crippen LogP contribution in [0.2, 0.25) is 0 Å². The molecule has 0 amide bonds. The molecule has 0 atom stereocenters. The minimum absolute atomic E-state index is 0.631. The average molecular weight is 340 g/mol. The molecular weight excluding hydrogens is 318 g/mol. The van der Waals surface area contributed by atoms with E-state index in [1.165, 1.54) is 0 Å². The highest BCUT2D eigenvalue weighted by Crippen LogP contribution is 2.18. The van der Waals surface area contributed by atoms with Gasteiger partial charge < -0.3 is 4.90 Å². The summed E-state index contributed by atoms with van der Waals surface area (Å²) in [6.45, 7) is 5.53. The van der Waals surface area contributed by atoms with Gasteiger partial charge in [-0.1, -0.05) is 15.9 Å². The standard InChI is InChI=1S/C11H22BrN3O2S/c12-4-9-13-5-3-8-15(11-10-13)18(16,17)14-6-1-2-7-14/h1-11H2. The smallest absolute Gasteiger partial charge is 0.282 e. The lowest BCUT2D eigenvalue weighted by Crippen LogP contribution is -2.44. The topological polar surface area (TPSA) is 43.9 Å². The van der Waals surface area contributed by atoms with E-state index in [9.17, 15) is 8.42 Å². The van der Waals surface area contributed by atoms with E-state index in [1.807, 2.05) is 0 Å². The van der Waals surface area contributed by atoms with Gasteiger partial charge in [0.1, 0.15) is 0 Å². The molecule has 0 saturated carbocycles. The fourth-order valence-electron chi connectivity index (χ4n) is 2.60. The number of rotatable bonds is 4. The lowest BCUT2D eigenvalue weighted by Gasteiger charge is -2.26. The van der Waals surface area contributed by atoms with E-state index >= 15 is 0 Å². The highest BCUT2D eigenvalue weighted by atomic mass is 79.9. The predicted molar refractivity (Wildman–Crippen MR) is 76.2 cm³/mol. The molecule has 0 aliphatic carbocycles. The summed E-state index contributed by atoms with van der Waals surface area (Å²) < 4.78 is 28.2. The highest BCUT2D eigenvalue weighted by Gasteiger charge is 2.32. The lowest BCUT2D eigenvalue weighted by molar-refractivity contribution is 0.301. The maximum absolute atomic E-state index is 12.4. The molecule has 0 spiro atoms. The van der Waals surface area contributed by atoms with Gasteiger partial charge in [-0.15, -0.1) is 0 Å².